The molecule has 1 aromatic rings. The van der Waals surface area contributed by atoms with E-state index in [-0.39, 0.29) is 5.91 Å². The Kier molecular flexibility index (Phi) is 3.71. The highest BCUT2D eigenvalue weighted by atomic mass is 16.2. The number of hydrogen-bond acceptors (Lipinski definition) is 3. The molecule has 0 aromatic carbocycles. The molecule has 0 spiro atoms. The Hall–Kier alpha value is -1.45. The molecule has 0 bridgehead atoms. The number of hydrogen-bond donors (Lipinski definition) is 0. The van der Waals surface area contributed by atoms with Gasteiger partial charge in [-0.15, -0.1) is 0 Å². The number of rotatable bonds is 2. The van der Waals surface area contributed by atoms with Gasteiger partial charge < -0.3 is 4.90 Å². The Labute approximate surface area is 102 Å². The van der Waals surface area contributed by atoms with Crippen molar-refractivity contribution in [2.75, 3.05) is 13.1 Å². The van der Waals surface area contributed by atoms with E-state index in [1.54, 1.807) is 0 Å². The molecule has 4 nitrogen and oxygen atoms in total. The minimum atomic E-state index is 0.267. The molecular weight excluding hydrogens is 214 g/mol. The van der Waals surface area contributed by atoms with Gasteiger partial charge in [0.05, 0.1) is 0 Å². The molecule has 92 valence electrons. The van der Waals surface area contributed by atoms with Gasteiger partial charge in [0.2, 0.25) is 5.91 Å². The second-order valence-electron chi connectivity index (χ2n) is 4.57. The lowest BCUT2D eigenvalue weighted by Crippen LogP contribution is -2.37. The van der Waals surface area contributed by atoms with Crippen LogP contribution < -0.4 is 0 Å². The molecule has 1 aromatic heterocycles. The van der Waals surface area contributed by atoms with Crippen LogP contribution in [0.2, 0.25) is 0 Å². The molecule has 2 rings (SSSR count). The molecule has 1 amide bonds. The number of aromatic nitrogens is 2. The van der Waals surface area contributed by atoms with Crippen LogP contribution >= 0.6 is 0 Å². The maximum atomic E-state index is 11.6. The summed E-state index contributed by atoms with van der Waals surface area (Å²) in [6, 6.07) is 0. The maximum Gasteiger partial charge on any atom is 0.222 e. The number of carbonyl (C=O) groups is 1. The first-order valence-corrected chi connectivity index (χ1v) is 6.27. The first kappa shape index (κ1) is 12.0. The van der Waals surface area contributed by atoms with Crippen LogP contribution in [0.5, 0.6) is 0 Å². The Morgan fingerprint density at radius 3 is 2.47 bits per heavy atom. The SMILES string of the molecule is CCC(=O)N1CCC(c2cnc(C)nc2)CC1. The fourth-order valence-electron chi connectivity index (χ4n) is 2.30. The molecule has 0 atom stereocenters. The molecule has 0 N–H and O–H groups in total. The van der Waals surface area contributed by atoms with E-state index in [2.05, 4.69) is 9.97 Å². The highest BCUT2D eigenvalue weighted by Crippen LogP contribution is 2.27. The molecule has 0 unspecified atom stereocenters. The van der Waals surface area contributed by atoms with Crippen LogP contribution in [0.15, 0.2) is 12.4 Å². The Morgan fingerprint density at radius 2 is 1.94 bits per heavy atom. The molecule has 0 radical (unpaired) electrons. The van der Waals surface area contributed by atoms with E-state index >= 15 is 0 Å². The second kappa shape index (κ2) is 5.25. The van der Waals surface area contributed by atoms with Crippen molar-refractivity contribution in [1.29, 1.82) is 0 Å². The summed E-state index contributed by atoms with van der Waals surface area (Å²) in [6.07, 6.45) is 6.50. The third-order valence-corrected chi connectivity index (χ3v) is 3.42. The minimum Gasteiger partial charge on any atom is -0.343 e. The first-order valence-electron chi connectivity index (χ1n) is 6.27. The van der Waals surface area contributed by atoms with E-state index < -0.39 is 0 Å². The lowest BCUT2D eigenvalue weighted by Gasteiger charge is -2.31. The summed E-state index contributed by atoms with van der Waals surface area (Å²) in [5, 5.41) is 0. The van der Waals surface area contributed by atoms with Crippen molar-refractivity contribution in [3.05, 3.63) is 23.8 Å². The van der Waals surface area contributed by atoms with Gasteiger partial charge in [0, 0.05) is 31.9 Å². The van der Waals surface area contributed by atoms with Crippen LogP contribution in [0.25, 0.3) is 0 Å². The summed E-state index contributed by atoms with van der Waals surface area (Å²) >= 11 is 0. The number of carbonyl (C=O) groups excluding carboxylic acids is 1. The minimum absolute atomic E-state index is 0.267. The van der Waals surface area contributed by atoms with Gasteiger partial charge in [0.15, 0.2) is 0 Å². The Morgan fingerprint density at radius 1 is 1.35 bits per heavy atom. The van der Waals surface area contributed by atoms with Gasteiger partial charge in [0.25, 0.3) is 0 Å². The summed E-state index contributed by atoms with van der Waals surface area (Å²) < 4.78 is 0. The van der Waals surface area contributed by atoms with Crippen molar-refractivity contribution in [2.24, 2.45) is 0 Å². The van der Waals surface area contributed by atoms with Gasteiger partial charge in [-0.2, -0.15) is 0 Å². The van der Waals surface area contributed by atoms with Crippen LogP contribution in [0.3, 0.4) is 0 Å². The smallest absolute Gasteiger partial charge is 0.222 e. The average Bonchev–Trinajstić information content (AvgIpc) is 2.39. The van der Waals surface area contributed by atoms with Crippen LogP contribution in [0.4, 0.5) is 0 Å². The standard InChI is InChI=1S/C13H19N3O/c1-3-13(17)16-6-4-11(5-7-16)12-8-14-10(2)15-9-12/h8-9,11H,3-7H2,1-2H3. The van der Waals surface area contributed by atoms with E-state index in [4.69, 9.17) is 0 Å². The number of piperidine rings is 1. The van der Waals surface area contributed by atoms with Crippen LogP contribution in [0, 0.1) is 6.92 Å². The van der Waals surface area contributed by atoms with Crippen molar-refractivity contribution in [2.45, 2.75) is 39.0 Å². The summed E-state index contributed by atoms with van der Waals surface area (Å²) in [5.41, 5.74) is 1.21. The predicted molar refractivity (Wildman–Crippen MR) is 65.6 cm³/mol. The Bertz CT molecular complexity index is 380. The third kappa shape index (κ3) is 2.81. The van der Waals surface area contributed by atoms with E-state index in [0.29, 0.717) is 12.3 Å². The normalized spacial score (nSPS) is 17.2. The van der Waals surface area contributed by atoms with Crippen LogP contribution in [-0.2, 0) is 4.79 Å². The molecule has 4 heteroatoms. The molecule has 0 saturated carbocycles. The molecule has 0 aliphatic carbocycles. The zero-order valence-corrected chi connectivity index (χ0v) is 10.5. The first-order chi connectivity index (χ1) is 8.20. The highest BCUT2D eigenvalue weighted by molar-refractivity contribution is 5.75. The number of nitrogens with zero attached hydrogens (tertiary/aromatic N) is 3. The van der Waals surface area contributed by atoms with Gasteiger partial charge >= 0.3 is 0 Å². The van der Waals surface area contributed by atoms with Gasteiger partial charge in [-0.3, -0.25) is 4.79 Å². The van der Waals surface area contributed by atoms with Gasteiger partial charge in [-0.05, 0) is 31.2 Å². The van der Waals surface area contributed by atoms with Crippen LogP contribution in [0.1, 0.15) is 43.5 Å². The fraction of sp³-hybridized carbons (Fsp3) is 0.615. The summed E-state index contributed by atoms with van der Waals surface area (Å²) in [4.78, 5) is 22.0. The molecular formula is C13H19N3O. The van der Waals surface area contributed by atoms with Crippen molar-refractivity contribution < 1.29 is 4.79 Å². The third-order valence-electron chi connectivity index (χ3n) is 3.42. The highest BCUT2D eigenvalue weighted by Gasteiger charge is 2.23. The molecule has 1 saturated heterocycles. The number of likely N-dealkylation sites (tertiary alicyclic amines) is 1. The molecule has 17 heavy (non-hydrogen) atoms. The largest absolute Gasteiger partial charge is 0.343 e. The van der Waals surface area contributed by atoms with Crippen LogP contribution in [-0.4, -0.2) is 33.9 Å². The zero-order valence-electron chi connectivity index (χ0n) is 10.5. The van der Waals surface area contributed by atoms with Crippen molar-refractivity contribution in [3.63, 3.8) is 0 Å². The lowest BCUT2D eigenvalue weighted by molar-refractivity contribution is -0.131. The quantitative estimate of drug-likeness (QED) is 0.783. The molecule has 1 fully saturated rings. The molecule has 2 heterocycles. The Balaban J connectivity index is 1.95. The zero-order chi connectivity index (χ0) is 12.3. The number of aryl methyl sites for hydroxylation is 1. The lowest BCUT2D eigenvalue weighted by atomic mass is 9.91. The monoisotopic (exact) mass is 233 g/mol. The van der Waals surface area contributed by atoms with Crippen molar-refractivity contribution in [1.82, 2.24) is 14.9 Å². The summed E-state index contributed by atoms with van der Waals surface area (Å²) in [7, 11) is 0. The number of amides is 1. The van der Waals surface area contributed by atoms with E-state index in [9.17, 15) is 4.79 Å². The summed E-state index contributed by atoms with van der Waals surface area (Å²) in [5.74, 6) is 1.59. The van der Waals surface area contributed by atoms with E-state index in [1.807, 2.05) is 31.1 Å². The van der Waals surface area contributed by atoms with E-state index in [0.717, 1.165) is 31.8 Å². The summed E-state index contributed by atoms with van der Waals surface area (Å²) in [6.45, 7) is 5.55. The molecule has 1 aliphatic rings. The predicted octanol–water partition coefficient (Wildman–Crippen LogP) is 1.90. The fourth-order valence-corrected chi connectivity index (χ4v) is 2.30. The molecule has 1 aliphatic heterocycles. The topological polar surface area (TPSA) is 46.1 Å². The maximum absolute atomic E-state index is 11.6. The van der Waals surface area contributed by atoms with E-state index in [1.165, 1.54) is 5.56 Å². The van der Waals surface area contributed by atoms with Crippen molar-refractivity contribution >= 4 is 5.91 Å². The average molecular weight is 233 g/mol. The van der Waals surface area contributed by atoms with Crippen molar-refractivity contribution in [3.8, 4) is 0 Å². The van der Waals surface area contributed by atoms with Gasteiger partial charge in [0.1, 0.15) is 5.82 Å². The van der Waals surface area contributed by atoms with Gasteiger partial charge in [-0.1, -0.05) is 6.92 Å². The second-order valence-corrected chi connectivity index (χ2v) is 4.57. The van der Waals surface area contributed by atoms with Gasteiger partial charge in [-0.25, -0.2) is 9.97 Å².